The van der Waals surface area contributed by atoms with Crippen molar-refractivity contribution in [3.05, 3.63) is 35.4 Å². The fourth-order valence-electron chi connectivity index (χ4n) is 2.58. The van der Waals surface area contributed by atoms with Gasteiger partial charge in [0.1, 0.15) is 0 Å². The molecule has 0 amide bonds. The number of hydrogen-bond donors (Lipinski definition) is 1. The van der Waals surface area contributed by atoms with E-state index in [-0.39, 0.29) is 0 Å². The summed E-state index contributed by atoms with van der Waals surface area (Å²) in [5, 5.41) is 3.64. The van der Waals surface area contributed by atoms with E-state index in [0.717, 1.165) is 32.5 Å². The van der Waals surface area contributed by atoms with Gasteiger partial charge in [-0.1, -0.05) is 24.3 Å². The summed E-state index contributed by atoms with van der Waals surface area (Å²) in [5.74, 6) is 0. The van der Waals surface area contributed by atoms with Crippen molar-refractivity contribution in [2.45, 2.75) is 45.0 Å². The Bertz CT molecular complexity index is 386. The summed E-state index contributed by atoms with van der Waals surface area (Å²) in [5.41, 5.74) is 2.83. The zero-order valence-corrected chi connectivity index (χ0v) is 12.4. The number of nitrogens with zero attached hydrogens (tertiary/aromatic N) is 1. The molecule has 1 aromatic carbocycles. The third-order valence-electron chi connectivity index (χ3n) is 3.68. The molecule has 3 heteroatoms. The molecule has 2 rings (SSSR count). The Morgan fingerprint density at radius 3 is 2.53 bits per heavy atom. The summed E-state index contributed by atoms with van der Waals surface area (Å²) in [6.07, 6.45) is 2.80. The molecule has 3 nitrogen and oxygen atoms in total. The first-order valence-corrected chi connectivity index (χ1v) is 7.25. The van der Waals surface area contributed by atoms with Crippen LogP contribution in [0.2, 0.25) is 0 Å². The minimum Gasteiger partial charge on any atom is -0.378 e. The predicted octanol–water partition coefficient (Wildman–Crippen LogP) is 2.41. The molecule has 1 aliphatic rings. The van der Waals surface area contributed by atoms with Gasteiger partial charge in [0.05, 0.1) is 6.10 Å². The molecule has 0 unspecified atom stereocenters. The van der Waals surface area contributed by atoms with Gasteiger partial charge in [-0.15, -0.1) is 0 Å². The molecule has 0 bridgehead atoms. The van der Waals surface area contributed by atoms with E-state index in [1.165, 1.54) is 11.1 Å². The smallest absolute Gasteiger partial charge is 0.0604 e. The first kappa shape index (κ1) is 14.5. The number of benzene rings is 1. The molecular formula is C16H26N2O. The Kier molecular flexibility index (Phi) is 5.37. The molecule has 106 valence electrons. The van der Waals surface area contributed by atoms with Gasteiger partial charge in [0.2, 0.25) is 0 Å². The van der Waals surface area contributed by atoms with E-state index in [1.807, 2.05) is 0 Å². The lowest BCUT2D eigenvalue weighted by Gasteiger charge is -2.35. The predicted molar refractivity (Wildman–Crippen MR) is 79.1 cm³/mol. The van der Waals surface area contributed by atoms with Crippen LogP contribution in [0.4, 0.5) is 0 Å². The van der Waals surface area contributed by atoms with Gasteiger partial charge in [0.25, 0.3) is 0 Å². The highest BCUT2D eigenvalue weighted by Crippen LogP contribution is 2.23. The quantitative estimate of drug-likeness (QED) is 0.816. The molecule has 1 saturated carbocycles. The minimum atomic E-state index is 0.486. The van der Waals surface area contributed by atoms with Gasteiger partial charge >= 0.3 is 0 Å². The van der Waals surface area contributed by atoms with Crippen LogP contribution in [0.5, 0.6) is 0 Å². The zero-order valence-electron chi connectivity index (χ0n) is 12.4. The third kappa shape index (κ3) is 4.30. The lowest BCUT2D eigenvalue weighted by Crippen LogP contribution is -2.45. The molecule has 0 heterocycles. The molecule has 1 aromatic rings. The first-order valence-electron chi connectivity index (χ1n) is 7.25. The van der Waals surface area contributed by atoms with E-state index in [4.69, 9.17) is 4.74 Å². The van der Waals surface area contributed by atoms with Crippen molar-refractivity contribution in [3.63, 3.8) is 0 Å². The van der Waals surface area contributed by atoms with Crippen LogP contribution in [-0.4, -0.2) is 37.7 Å². The summed E-state index contributed by atoms with van der Waals surface area (Å²) in [6, 6.07) is 9.33. The van der Waals surface area contributed by atoms with Crippen LogP contribution in [0.1, 0.15) is 30.9 Å². The van der Waals surface area contributed by atoms with Crippen molar-refractivity contribution in [3.8, 4) is 0 Å². The third-order valence-corrected chi connectivity index (χ3v) is 3.68. The van der Waals surface area contributed by atoms with E-state index in [0.29, 0.717) is 12.1 Å². The molecule has 1 aliphatic carbocycles. The van der Waals surface area contributed by atoms with Crippen LogP contribution in [0.3, 0.4) is 0 Å². The molecule has 19 heavy (non-hydrogen) atoms. The van der Waals surface area contributed by atoms with Crippen molar-refractivity contribution >= 4 is 0 Å². The summed E-state index contributed by atoms with van der Waals surface area (Å²) < 4.78 is 5.59. The second-order valence-corrected chi connectivity index (χ2v) is 5.63. The number of nitrogens with one attached hydrogen (secondary N) is 1. The fourth-order valence-corrected chi connectivity index (χ4v) is 2.58. The van der Waals surface area contributed by atoms with Crippen molar-refractivity contribution in [1.29, 1.82) is 0 Å². The molecule has 1 fully saturated rings. The van der Waals surface area contributed by atoms with Gasteiger partial charge < -0.3 is 15.0 Å². The summed E-state index contributed by atoms with van der Waals surface area (Å²) in [6.45, 7) is 4.87. The number of ether oxygens (including phenoxy) is 1. The van der Waals surface area contributed by atoms with E-state index < -0.39 is 0 Å². The standard InChI is InChI=1S/C16H26N2O/c1-4-19-16-9-15(10-16)17-11-13-7-5-6-8-14(13)12-18(2)3/h5-8,15-17H,4,9-12H2,1-3H3. The zero-order chi connectivity index (χ0) is 13.7. The maximum absolute atomic E-state index is 5.59. The Labute approximate surface area is 116 Å². The molecule has 1 N–H and O–H groups in total. The van der Waals surface area contributed by atoms with Gasteiger partial charge in [-0.2, -0.15) is 0 Å². The molecule has 0 radical (unpaired) electrons. The van der Waals surface area contributed by atoms with Gasteiger partial charge in [-0.05, 0) is 45.0 Å². The average molecular weight is 262 g/mol. The first-order chi connectivity index (χ1) is 9.19. The highest BCUT2D eigenvalue weighted by atomic mass is 16.5. The largest absolute Gasteiger partial charge is 0.378 e. The molecular weight excluding hydrogens is 236 g/mol. The lowest BCUT2D eigenvalue weighted by molar-refractivity contribution is -0.0102. The monoisotopic (exact) mass is 262 g/mol. The maximum atomic E-state index is 5.59. The molecule has 0 saturated heterocycles. The average Bonchev–Trinajstić information content (AvgIpc) is 2.33. The number of hydrogen-bond acceptors (Lipinski definition) is 3. The molecule has 0 spiro atoms. The normalized spacial score (nSPS) is 22.5. The second-order valence-electron chi connectivity index (χ2n) is 5.63. The van der Waals surface area contributed by atoms with Crippen LogP contribution in [-0.2, 0) is 17.8 Å². The van der Waals surface area contributed by atoms with Gasteiger partial charge in [-0.25, -0.2) is 0 Å². The SMILES string of the molecule is CCOC1CC(NCc2ccccc2CN(C)C)C1. The lowest BCUT2D eigenvalue weighted by atomic mass is 9.89. The van der Waals surface area contributed by atoms with Gasteiger partial charge in [0, 0.05) is 25.7 Å². The summed E-state index contributed by atoms with van der Waals surface area (Å²) in [4.78, 5) is 2.22. The fraction of sp³-hybridized carbons (Fsp3) is 0.625. The Morgan fingerprint density at radius 1 is 1.21 bits per heavy atom. The van der Waals surface area contributed by atoms with Gasteiger partial charge in [0.15, 0.2) is 0 Å². The highest BCUT2D eigenvalue weighted by Gasteiger charge is 2.28. The minimum absolute atomic E-state index is 0.486. The summed E-state index contributed by atoms with van der Waals surface area (Å²) in [7, 11) is 4.23. The van der Waals surface area contributed by atoms with Crippen molar-refractivity contribution < 1.29 is 4.74 Å². The Balaban J connectivity index is 1.80. The van der Waals surface area contributed by atoms with Crippen LogP contribution in [0, 0.1) is 0 Å². The molecule has 0 aromatic heterocycles. The van der Waals surface area contributed by atoms with E-state index in [9.17, 15) is 0 Å². The van der Waals surface area contributed by atoms with Crippen LogP contribution in [0.15, 0.2) is 24.3 Å². The highest BCUT2D eigenvalue weighted by molar-refractivity contribution is 5.27. The molecule has 0 atom stereocenters. The summed E-state index contributed by atoms with van der Waals surface area (Å²) >= 11 is 0. The van der Waals surface area contributed by atoms with Crippen LogP contribution in [0.25, 0.3) is 0 Å². The topological polar surface area (TPSA) is 24.5 Å². The van der Waals surface area contributed by atoms with Gasteiger partial charge in [-0.3, -0.25) is 0 Å². The Hall–Kier alpha value is -0.900. The van der Waals surface area contributed by atoms with E-state index >= 15 is 0 Å². The van der Waals surface area contributed by atoms with E-state index in [2.05, 4.69) is 55.5 Å². The second kappa shape index (κ2) is 7.04. The Morgan fingerprint density at radius 2 is 1.89 bits per heavy atom. The van der Waals surface area contributed by atoms with Crippen molar-refractivity contribution in [2.75, 3.05) is 20.7 Å². The number of rotatable bonds is 7. The van der Waals surface area contributed by atoms with Crippen LogP contribution >= 0.6 is 0 Å². The van der Waals surface area contributed by atoms with E-state index in [1.54, 1.807) is 0 Å². The van der Waals surface area contributed by atoms with Crippen LogP contribution < -0.4 is 5.32 Å². The van der Waals surface area contributed by atoms with Crippen molar-refractivity contribution in [1.82, 2.24) is 10.2 Å². The van der Waals surface area contributed by atoms with Crippen molar-refractivity contribution in [2.24, 2.45) is 0 Å². The maximum Gasteiger partial charge on any atom is 0.0604 e. The molecule has 0 aliphatic heterocycles.